The first-order valence-electron chi connectivity index (χ1n) is 10.3. The van der Waals surface area contributed by atoms with Gasteiger partial charge in [-0.05, 0) is 25.0 Å². The molecule has 0 N–H and O–H groups in total. The fourth-order valence-corrected chi connectivity index (χ4v) is 5.06. The van der Waals surface area contributed by atoms with E-state index >= 15 is 0 Å². The number of nitro benzene ring substituents is 1. The van der Waals surface area contributed by atoms with Gasteiger partial charge in [0.05, 0.1) is 54.7 Å². The lowest BCUT2D eigenvalue weighted by Gasteiger charge is -2.23. The molecule has 1 atom stereocenters. The smallest absolute Gasteiger partial charge is 0.286 e. The van der Waals surface area contributed by atoms with Crippen molar-refractivity contribution >= 4 is 49.9 Å². The summed E-state index contributed by atoms with van der Waals surface area (Å²) in [7, 11) is 4.28. The summed E-state index contributed by atoms with van der Waals surface area (Å²) < 4.78 is 22.3. The lowest BCUT2D eigenvalue weighted by molar-refractivity contribution is -0.385. The number of rotatable bonds is 8. The molecule has 0 bridgehead atoms. The standard InChI is InChI=1S/C22H22ClN3O7S/c1-30-16-7-6-14(23)20-19(16)24-22(34-20)25(11-12-5-4-8-33-12)21(27)13-9-17(31-2)18(32-3)10-15(13)26(28)29/h6-7,9-10,12H,4-5,8,11H2,1-3H3. The van der Waals surface area contributed by atoms with Crippen molar-refractivity contribution in [1.82, 2.24) is 4.98 Å². The molecule has 2 heterocycles. The Morgan fingerprint density at radius 1 is 1.24 bits per heavy atom. The van der Waals surface area contributed by atoms with E-state index < -0.39 is 16.5 Å². The Kier molecular flexibility index (Phi) is 7.05. The highest BCUT2D eigenvalue weighted by Gasteiger charge is 2.33. The number of hydrogen-bond acceptors (Lipinski definition) is 9. The summed E-state index contributed by atoms with van der Waals surface area (Å²) in [5.41, 5.74) is -0.0587. The lowest BCUT2D eigenvalue weighted by Crippen LogP contribution is -2.37. The van der Waals surface area contributed by atoms with Crippen LogP contribution in [0.25, 0.3) is 10.2 Å². The SMILES string of the molecule is COc1cc(C(=O)N(CC2CCCO2)c2nc3c(OC)ccc(Cl)c3s2)c([N+](=O)[O-])cc1OC. The molecule has 34 heavy (non-hydrogen) atoms. The molecule has 1 unspecified atom stereocenters. The van der Waals surface area contributed by atoms with E-state index in [0.29, 0.717) is 32.7 Å². The number of thiazole rings is 1. The topological polar surface area (TPSA) is 113 Å². The summed E-state index contributed by atoms with van der Waals surface area (Å²) >= 11 is 7.58. The molecular formula is C22H22ClN3O7S. The fourth-order valence-electron chi connectivity index (χ4n) is 3.80. The first-order valence-corrected chi connectivity index (χ1v) is 11.5. The van der Waals surface area contributed by atoms with Crippen LogP contribution in [0.3, 0.4) is 0 Å². The van der Waals surface area contributed by atoms with Crippen molar-refractivity contribution < 1.29 is 28.7 Å². The maximum absolute atomic E-state index is 13.8. The molecule has 0 aliphatic carbocycles. The molecule has 1 aliphatic heterocycles. The summed E-state index contributed by atoms with van der Waals surface area (Å²) in [4.78, 5) is 31.0. The van der Waals surface area contributed by atoms with Crippen molar-refractivity contribution in [3.8, 4) is 17.2 Å². The van der Waals surface area contributed by atoms with E-state index in [2.05, 4.69) is 4.98 Å². The van der Waals surface area contributed by atoms with Crippen LogP contribution in [-0.2, 0) is 4.74 Å². The van der Waals surface area contributed by atoms with Gasteiger partial charge >= 0.3 is 0 Å². The van der Waals surface area contributed by atoms with Crippen LogP contribution >= 0.6 is 22.9 Å². The second kappa shape index (κ2) is 10.00. The molecule has 3 aromatic rings. The van der Waals surface area contributed by atoms with Crippen molar-refractivity contribution in [3.63, 3.8) is 0 Å². The van der Waals surface area contributed by atoms with Crippen LogP contribution < -0.4 is 19.1 Å². The highest BCUT2D eigenvalue weighted by Crippen LogP contribution is 2.41. The molecule has 1 aromatic heterocycles. The van der Waals surface area contributed by atoms with Crippen molar-refractivity contribution in [2.24, 2.45) is 0 Å². The normalized spacial score (nSPS) is 15.4. The van der Waals surface area contributed by atoms with E-state index in [4.69, 9.17) is 30.5 Å². The zero-order valence-corrected chi connectivity index (χ0v) is 20.3. The van der Waals surface area contributed by atoms with Gasteiger partial charge in [-0.25, -0.2) is 4.98 Å². The molecule has 1 amide bonds. The number of fused-ring (bicyclic) bond motifs is 1. The van der Waals surface area contributed by atoms with E-state index in [1.54, 1.807) is 12.1 Å². The summed E-state index contributed by atoms with van der Waals surface area (Å²) in [6.45, 7) is 0.757. The molecular weight excluding hydrogens is 486 g/mol. The number of carbonyl (C=O) groups excluding carboxylic acids is 1. The van der Waals surface area contributed by atoms with Gasteiger partial charge in [0.25, 0.3) is 11.6 Å². The summed E-state index contributed by atoms with van der Waals surface area (Å²) in [6.07, 6.45) is 1.39. The van der Waals surface area contributed by atoms with Crippen LogP contribution in [0.4, 0.5) is 10.8 Å². The van der Waals surface area contributed by atoms with Gasteiger partial charge in [0.1, 0.15) is 16.8 Å². The van der Waals surface area contributed by atoms with Gasteiger partial charge in [0.2, 0.25) is 0 Å². The maximum Gasteiger partial charge on any atom is 0.286 e. The Balaban J connectivity index is 1.86. The first kappa shape index (κ1) is 24.0. The van der Waals surface area contributed by atoms with Crippen LogP contribution in [0.1, 0.15) is 23.2 Å². The second-order valence-corrected chi connectivity index (χ2v) is 8.84. The van der Waals surface area contributed by atoms with Crippen molar-refractivity contribution in [1.29, 1.82) is 0 Å². The largest absolute Gasteiger partial charge is 0.494 e. The fraction of sp³-hybridized carbons (Fsp3) is 0.364. The van der Waals surface area contributed by atoms with Gasteiger partial charge in [-0.3, -0.25) is 19.8 Å². The van der Waals surface area contributed by atoms with Gasteiger partial charge in [0.15, 0.2) is 16.6 Å². The minimum Gasteiger partial charge on any atom is -0.494 e. The molecule has 0 radical (unpaired) electrons. The van der Waals surface area contributed by atoms with Crippen molar-refractivity contribution in [2.45, 2.75) is 18.9 Å². The molecule has 0 spiro atoms. The highest BCUT2D eigenvalue weighted by atomic mass is 35.5. The number of nitro groups is 1. The number of benzene rings is 2. The predicted octanol–water partition coefficient (Wildman–Crippen LogP) is 4.71. The molecule has 12 heteroatoms. The number of halogens is 1. The average molecular weight is 508 g/mol. The van der Waals surface area contributed by atoms with Crippen molar-refractivity contribution in [3.05, 3.63) is 45.0 Å². The van der Waals surface area contributed by atoms with Gasteiger partial charge in [-0.1, -0.05) is 22.9 Å². The average Bonchev–Trinajstić information content (AvgIpc) is 3.52. The Labute approximate surface area is 204 Å². The Bertz CT molecular complexity index is 1240. The highest BCUT2D eigenvalue weighted by molar-refractivity contribution is 7.23. The van der Waals surface area contributed by atoms with E-state index in [-0.39, 0.29) is 29.7 Å². The minimum absolute atomic E-state index is 0.146. The second-order valence-electron chi connectivity index (χ2n) is 7.46. The lowest BCUT2D eigenvalue weighted by atomic mass is 10.1. The molecule has 2 aromatic carbocycles. The molecule has 1 saturated heterocycles. The third kappa shape index (κ3) is 4.46. The number of hydrogen-bond donors (Lipinski definition) is 0. The number of aromatic nitrogens is 1. The maximum atomic E-state index is 13.8. The zero-order chi connectivity index (χ0) is 24.4. The number of anilines is 1. The Hall–Kier alpha value is -3.15. The van der Waals surface area contributed by atoms with E-state index in [9.17, 15) is 14.9 Å². The predicted molar refractivity (Wildman–Crippen MR) is 128 cm³/mol. The molecule has 10 nitrogen and oxygen atoms in total. The third-order valence-corrected chi connectivity index (χ3v) is 7.02. The minimum atomic E-state index is -0.627. The van der Waals surface area contributed by atoms with Gasteiger partial charge in [0, 0.05) is 12.7 Å². The van der Waals surface area contributed by atoms with E-state index in [0.717, 1.165) is 12.8 Å². The Morgan fingerprint density at radius 2 is 1.94 bits per heavy atom. The molecule has 1 fully saturated rings. The zero-order valence-electron chi connectivity index (χ0n) is 18.7. The number of ether oxygens (including phenoxy) is 4. The van der Waals surface area contributed by atoms with Crippen LogP contribution in [0.15, 0.2) is 24.3 Å². The van der Waals surface area contributed by atoms with Crippen LogP contribution in [0.2, 0.25) is 5.02 Å². The molecule has 4 rings (SSSR count). The molecule has 180 valence electrons. The summed E-state index contributed by atoms with van der Waals surface area (Å²) in [5.74, 6) is 0.233. The van der Waals surface area contributed by atoms with Crippen LogP contribution in [0.5, 0.6) is 17.2 Å². The molecule has 1 aliphatic rings. The third-order valence-electron chi connectivity index (χ3n) is 5.48. The van der Waals surface area contributed by atoms with Gasteiger partial charge < -0.3 is 18.9 Å². The number of nitrogens with zero attached hydrogens (tertiary/aromatic N) is 3. The summed E-state index contributed by atoms with van der Waals surface area (Å²) in [6, 6.07) is 5.87. The molecule has 0 saturated carbocycles. The van der Waals surface area contributed by atoms with E-state index in [1.165, 1.54) is 49.7 Å². The first-order chi connectivity index (χ1) is 16.4. The van der Waals surface area contributed by atoms with Crippen LogP contribution in [0, 0.1) is 10.1 Å². The Morgan fingerprint density at radius 3 is 2.56 bits per heavy atom. The number of amides is 1. The quantitative estimate of drug-likeness (QED) is 0.318. The van der Waals surface area contributed by atoms with Gasteiger partial charge in [-0.2, -0.15) is 0 Å². The van der Waals surface area contributed by atoms with E-state index in [1.807, 2.05) is 0 Å². The van der Waals surface area contributed by atoms with Crippen molar-refractivity contribution in [2.75, 3.05) is 39.4 Å². The van der Waals surface area contributed by atoms with Crippen LogP contribution in [-0.4, -0.2) is 56.4 Å². The number of methoxy groups -OCH3 is 3. The number of carbonyl (C=O) groups is 1. The van der Waals surface area contributed by atoms with Gasteiger partial charge in [-0.15, -0.1) is 0 Å². The monoisotopic (exact) mass is 507 g/mol. The summed E-state index contributed by atoms with van der Waals surface area (Å²) in [5, 5.41) is 12.6.